The van der Waals surface area contributed by atoms with Gasteiger partial charge in [-0.25, -0.2) is 9.59 Å². The van der Waals surface area contributed by atoms with Gasteiger partial charge in [-0.15, -0.1) is 11.8 Å². The van der Waals surface area contributed by atoms with E-state index in [1.165, 1.54) is 5.56 Å². The normalized spacial score (nSPS) is 18.7. The number of likely N-dealkylation sites (tertiary alicyclic amines) is 1. The number of rotatable bonds is 5. The molecule has 16 heteroatoms. The highest BCUT2D eigenvalue weighted by Gasteiger charge is 2.49. The van der Waals surface area contributed by atoms with Crippen molar-refractivity contribution in [2.45, 2.75) is 36.2 Å². The quantitative estimate of drug-likeness (QED) is 0.534. The van der Waals surface area contributed by atoms with E-state index in [1.54, 1.807) is 19.0 Å². The van der Waals surface area contributed by atoms with E-state index in [0.717, 1.165) is 31.8 Å². The van der Waals surface area contributed by atoms with Gasteiger partial charge in [0.25, 0.3) is 0 Å². The fraction of sp³-hybridized carbons (Fsp3) is 0.600. The highest BCUT2D eigenvalue weighted by atomic mass is 32.2. The van der Waals surface area contributed by atoms with Gasteiger partial charge in [-0.2, -0.15) is 26.3 Å². The number of pyridine rings is 1. The zero-order valence-electron chi connectivity index (χ0n) is 19.2. The van der Waals surface area contributed by atoms with Crippen LogP contribution >= 0.6 is 11.8 Å². The van der Waals surface area contributed by atoms with Gasteiger partial charge in [-0.3, -0.25) is 14.7 Å². The maximum atomic E-state index is 11.6. The molecule has 2 aliphatic heterocycles. The molecule has 0 aliphatic carbocycles. The van der Waals surface area contributed by atoms with E-state index in [2.05, 4.69) is 16.0 Å². The summed E-state index contributed by atoms with van der Waals surface area (Å²) in [5.41, 5.74) is 1.27. The molecule has 2 aliphatic rings. The number of carbonyl (C=O) groups excluding carboxylic acids is 1. The van der Waals surface area contributed by atoms with Crippen LogP contribution < -0.4 is 0 Å². The molecule has 1 spiro atoms. The second-order valence-electron chi connectivity index (χ2n) is 8.03. The van der Waals surface area contributed by atoms with E-state index in [4.69, 9.17) is 24.5 Å². The van der Waals surface area contributed by atoms with Gasteiger partial charge in [0.1, 0.15) is 6.61 Å². The average Bonchev–Trinajstić information content (AvgIpc) is 3.16. The third kappa shape index (κ3) is 11.0. The number of thioether (sulfide) groups is 1. The summed E-state index contributed by atoms with van der Waals surface area (Å²) in [5.74, 6) is -4.47. The van der Waals surface area contributed by atoms with Crippen molar-refractivity contribution in [3.8, 4) is 0 Å². The number of carboxylic acid groups (broad SMARTS) is 2. The van der Waals surface area contributed by atoms with Crippen LogP contribution in [-0.2, 0) is 25.7 Å². The molecule has 3 rings (SSSR count). The number of aliphatic carboxylic acids is 2. The van der Waals surface area contributed by atoms with Gasteiger partial charge in [0.15, 0.2) is 0 Å². The van der Waals surface area contributed by atoms with Crippen molar-refractivity contribution in [3.05, 3.63) is 30.1 Å². The molecular formula is C20H25F6N3O6S. The Morgan fingerprint density at radius 2 is 1.67 bits per heavy atom. The van der Waals surface area contributed by atoms with E-state index in [9.17, 15) is 31.1 Å². The van der Waals surface area contributed by atoms with Crippen molar-refractivity contribution < 1.29 is 55.7 Å². The number of amides is 1. The van der Waals surface area contributed by atoms with Crippen molar-refractivity contribution in [2.75, 3.05) is 39.5 Å². The Bertz CT molecular complexity index is 855. The first kappa shape index (κ1) is 31.4. The Kier molecular flexibility index (Phi) is 11.4. The number of hydrogen-bond donors (Lipinski definition) is 2. The molecule has 0 aromatic carbocycles. The second kappa shape index (κ2) is 13.1. The highest BCUT2D eigenvalue weighted by molar-refractivity contribution is 8.01. The molecule has 1 atom stereocenters. The zero-order valence-corrected chi connectivity index (χ0v) is 20.0. The molecule has 2 N–H and O–H groups in total. The van der Waals surface area contributed by atoms with Gasteiger partial charge < -0.3 is 19.8 Å². The summed E-state index contributed by atoms with van der Waals surface area (Å²) in [6.07, 6.45) is -5.15. The number of likely N-dealkylation sites (N-methyl/N-ethyl adjacent to an activating group) is 1. The van der Waals surface area contributed by atoms with Crippen LogP contribution in [0.5, 0.6) is 0 Å². The minimum absolute atomic E-state index is 0.0396. The molecule has 1 amide bonds. The molecule has 1 aromatic heterocycles. The van der Waals surface area contributed by atoms with Crippen molar-refractivity contribution in [1.82, 2.24) is 14.8 Å². The molecule has 9 nitrogen and oxygen atoms in total. The monoisotopic (exact) mass is 549 g/mol. The second-order valence-corrected chi connectivity index (χ2v) is 9.52. The number of carboxylic acids is 2. The summed E-state index contributed by atoms with van der Waals surface area (Å²) in [5, 5.41) is 14.2. The molecular weight excluding hydrogens is 524 g/mol. The number of alkyl halides is 6. The number of carbonyl (C=O) groups is 3. The summed E-state index contributed by atoms with van der Waals surface area (Å²) in [7, 11) is 3.53. The molecule has 204 valence electrons. The Morgan fingerprint density at radius 3 is 2.08 bits per heavy atom. The molecule has 2 saturated heterocycles. The molecule has 2 fully saturated rings. The molecule has 0 saturated carbocycles. The summed E-state index contributed by atoms with van der Waals surface area (Å²) in [4.78, 5) is 37.6. The first-order valence-electron chi connectivity index (χ1n) is 10.1. The predicted octanol–water partition coefficient (Wildman–Crippen LogP) is 2.51. The fourth-order valence-corrected chi connectivity index (χ4v) is 4.68. The van der Waals surface area contributed by atoms with Crippen LogP contribution in [0.2, 0.25) is 0 Å². The summed E-state index contributed by atoms with van der Waals surface area (Å²) in [6.45, 7) is 3.39. The Hall–Kier alpha value is -2.59. The van der Waals surface area contributed by atoms with Gasteiger partial charge in [0.2, 0.25) is 5.91 Å². The van der Waals surface area contributed by atoms with E-state index in [1.807, 2.05) is 30.2 Å². The van der Waals surface area contributed by atoms with Crippen molar-refractivity contribution in [1.29, 1.82) is 0 Å². The van der Waals surface area contributed by atoms with Crippen LogP contribution in [0.3, 0.4) is 0 Å². The van der Waals surface area contributed by atoms with Crippen LogP contribution in [-0.4, -0.2) is 106 Å². The van der Waals surface area contributed by atoms with Crippen molar-refractivity contribution in [3.63, 3.8) is 0 Å². The maximum Gasteiger partial charge on any atom is 0.490 e. The fourth-order valence-electron chi connectivity index (χ4n) is 3.08. The van der Waals surface area contributed by atoms with Gasteiger partial charge in [0, 0.05) is 56.6 Å². The third-order valence-electron chi connectivity index (χ3n) is 4.75. The van der Waals surface area contributed by atoms with E-state index >= 15 is 0 Å². The lowest BCUT2D eigenvalue weighted by Gasteiger charge is -2.47. The van der Waals surface area contributed by atoms with Crippen LogP contribution in [0, 0.1) is 0 Å². The minimum Gasteiger partial charge on any atom is -0.475 e. The van der Waals surface area contributed by atoms with Gasteiger partial charge >= 0.3 is 24.3 Å². The number of nitrogens with zero attached hydrogens (tertiary/aromatic N) is 3. The number of hydrogen-bond acceptors (Lipinski definition) is 7. The lowest BCUT2D eigenvalue weighted by atomic mass is 9.92. The first-order valence-corrected chi connectivity index (χ1v) is 11.1. The minimum atomic E-state index is -5.08. The van der Waals surface area contributed by atoms with Crippen LogP contribution in [0.4, 0.5) is 26.3 Å². The highest BCUT2D eigenvalue weighted by Crippen LogP contribution is 2.46. The number of halogens is 6. The smallest absolute Gasteiger partial charge is 0.475 e. The summed E-state index contributed by atoms with van der Waals surface area (Å²) in [6, 6.07) is 4.11. The Labute approximate surface area is 206 Å². The Balaban J connectivity index is 0.000000383. The lowest BCUT2D eigenvalue weighted by molar-refractivity contribution is -0.193. The molecule has 0 radical (unpaired) electrons. The van der Waals surface area contributed by atoms with E-state index in [-0.39, 0.29) is 18.6 Å². The molecule has 1 unspecified atom stereocenters. The number of ether oxygens (including phenoxy) is 1. The predicted molar refractivity (Wildman–Crippen MR) is 115 cm³/mol. The molecule has 36 heavy (non-hydrogen) atoms. The van der Waals surface area contributed by atoms with E-state index in [0.29, 0.717) is 4.75 Å². The third-order valence-corrected chi connectivity index (χ3v) is 6.33. The van der Waals surface area contributed by atoms with Gasteiger partial charge in [-0.1, -0.05) is 6.07 Å². The van der Waals surface area contributed by atoms with Gasteiger partial charge in [-0.05, 0) is 18.1 Å². The SMILES string of the molecule is CN(C)C(=O)COC1CSC2(C1)CN(Cc1cccnc1)C2.O=C(O)C(F)(F)F.O=C(O)C(F)(F)F. The standard InChI is InChI=1S/C16H23N3O2S.2C2HF3O2/c1-18(2)15(20)9-21-14-6-16(22-10-14)11-19(12-16)8-13-4-3-5-17-7-13;2*3-2(4,5)1(6)7/h3-5,7,14H,6,8-12H2,1-2H3;2*(H,6,7). The Morgan fingerprint density at radius 1 is 1.14 bits per heavy atom. The van der Waals surface area contributed by atoms with Crippen LogP contribution in [0.15, 0.2) is 24.5 Å². The zero-order chi connectivity index (χ0) is 27.7. The van der Waals surface area contributed by atoms with Crippen LogP contribution in [0.25, 0.3) is 0 Å². The first-order chi connectivity index (χ1) is 16.4. The summed E-state index contributed by atoms with van der Waals surface area (Å²) < 4.78 is 69.6. The molecule has 3 heterocycles. The number of aromatic nitrogens is 1. The summed E-state index contributed by atoms with van der Waals surface area (Å²) >= 11 is 2.01. The van der Waals surface area contributed by atoms with E-state index < -0.39 is 24.3 Å². The lowest BCUT2D eigenvalue weighted by Crippen LogP contribution is -2.58. The average molecular weight is 549 g/mol. The van der Waals surface area contributed by atoms with Gasteiger partial charge in [0.05, 0.1) is 6.10 Å². The maximum absolute atomic E-state index is 11.6. The molecule has 1 aromatic rings. The largest absolute Gasteiger partial charge is 0.490 e. The molecule has 0 bridgehead atoms. The van der Waals surface area contributed by atoms with Crippen molar-refractivity contribution in [2.24, 2.45) is 0 Å². The topological polar surface area (TPSA) is 120 Å². The van der Waals surface area contributed by atoms with Crippen molar-refractivity contribution >= 4 is 29.6 Å². The van der Waals surface area contributed by atoms with Crippen LogP contribution in [0.1, 0.15) is 12.0 Å².